The lowest BCUT2D eigenvalue weighted by atomic mass is 10.0. The average Bonchev–Trinajstić information content (AvgIpc) is 2.73. The van der Waals surface area contributed by atoms with Gasteiger partial charge in [-0.25, -0.2) is 0 Å². The first-order valence-corrected chi connectivity index (χ1v) is 5.11. The molecule has 0 radical (unpaired) electrons. The molecule has 76 valence electrons. The molecule has 1 heterocycles. The summed E-state index contributed by atoms with van der Waals surface area (Å²) in [7, 11) is 1.70. The molecule has 1 aliphatic heterocycles. The van der Waals surface area contributed by atoms with Gasteiger partial charge in [-0.05, 0) is 11.5 Å². The molecule has 0 amide bonds. The molecule has 2 heteroatoms. The van der Waals surface area contributed by atoms with Crippen molar-refractivity contribution in [3.8, 4) is 11.5 Å². The first kappa shape index (κ1) is 8.60. The van der Waals surface area contributed by atoms with E-state index in [1.807, 2.05) is 12.1 Å². The van der Waals surface area contributed by atoms with Crippen molar-refractivity contribution in [2.75, 3.05) is 13.7 Å². The summed E-state index contributed by atoms with van der Waals surface area (Å²) in [5, 5.41) is 2.35. The maximum Gasteiger partial charge on any atom is 0.168 e. The molecular weight excluding hydrogens is 188 g/mol. The Hall–Kier alpha value is -1.70. The Morgan fingerprint density at radius 3 is 3.00 bits per heavy atom. The van der Waals surface area contributed by atoms with Gasteiger partial charge in [0.1, 0.15) is 0 Å². The minimum Gasteiger partial charge on any atom is -0.492 e. The first-order valence-electron chi connectivity index (χ1n) is 5.11. The second-order valence-corrected chi connectivity index (χ2v) is 3.72. The van der Waals surface area contributed by atoms with E-state index in [1.54, 1.807) is 7.11 Å². The Morgan fingerprint density at radius 2 is 2.13 bits per heavy atom. The number of ether oxygens (including phenoxy) is 2. The summed E-state index contributed by atoms with van der Waals surface area (Å²) in [5.41, 5.74) is 1.26. The van der Waals surface area contributed by atoms with Crippen molar-refractivity contribution < 1.29 is 9.47 Å². The van der Waals surface area contributed by atoms with E-state index in [9.17, 15) is 0 Å². The molecule has 0 unspecified atom stereocenters. The van der Waals surface area contributed by atoms with E-state index in [4.69, 9.17) is 9.47 Å². The van der Waals surface area contributed by atoms with Crippen molar-refractivity contribution in [3.63, 3.8) is 0 Å². The van der Waals surface area contributed by atoms with Crippen LogP contribution in [-0.2, 0) is 6.42 Å². The zero-order chi connectivity index (χ0) is 10.3. The van der Waals surface area contributed by atoms with Crippen molar-refractivity contribution in [1.82, 2.24) is 0 Å². The van der Waals surface area contributed by atoms with E-state index in [1.165, 1.54) is 10.9 Å². The van der Waals surface area contributed by atoms with Crippen molar-refractivity contribution in [1.29, 1.82) is 0 Å². The Bertz CT molecular complexity index is 517. The first-order chi connectivity index (χ1) is 7.40. The molecule has 0 aromatic heterocycles. The van der Waals surface area contributed by atoms with Gasteiger partial charge in [-0.3, -0.25) is 0 Å². The SMILES string of the molecule is COc1c2c(cc3ccccc13)CCO2. The zero-order valence-corrected chi connectivity index (χ0v) is 8.62. The second kappa shape index (κ2) is 3.16. The Labute approximate surface area is 88.4 Å². The van der Waals surface area contributed by atoms with Crippen molar-refractivity contribution in [2.45, 2.75) is 6.42 Å². The van der Waals surface area contributed by atoms with E-state index in [0.29, 0.717) is 0 Å². The highest BCUT2D eigenvalue weighted by Crippen LogP contribution is 2.41. The van der Waals surface area contributed by atoms with Gasteiger partial charge in [-0.15, -0.1) is 0 Å². The highest BCUT2D eigenvalue weighted by Gasteiger charge is 2.19. The van der Waals surface area contributed by atoms with Crippen LogP contribution in [-0.4, -0.2) is 13.7 Å². The van der Waals surface area contributed by atoms with Crippen LogP contribution < -0.4 is 9.47 Å². The molecule has 3 rings (SSSR count). The van der Waals surface area contributed by atoms with Gasteiger partial charge in [-0.1, -0.05) is 24.3 Å². The highest BCUT2D eigenvalue weighted by molar-refractivity contribution is 5.92. The molecule has 0 aliphatic carbocycles. The number of benzene rings is 2. The Balaban J connectivity index is 2.41. The van der Waals surface area contributed by atoms with E-state index in [-0.39, 0.29) is 0 Å². The lowest BCUT2D eigenvalue weighted by Gasteiger charge is -2.10. The number of fused-ring (bicyclic) bond motifs is 2. The fourth-order valence-electron chi connectivity index (χ4n) is 2.16. The maximum atomic E-state index is 5.60. The molecule has 0 saturated heterocycles. The van der Waals surface area contributed by atoms with Gasteiger partial charge in [-0.2, -0.15) is 0 Å². The van der Waals surface area contributed by atoms with Gasteiger partial charge in [0.05, 0.1) is 13.7 Å². The van der Waals surface area contributed by atoms with Crippen LogP contribution >= 0.6 is 0 Å². The molecule has 2 aromatic rings. The quantitative estimate of drug-likeness (QED) is 0.704. The fourth-order valence-corrected chi connectivity index (χ4v) is 2.16. The molecular formula is C13H12O2. The van der Waals surface area contributed by atoms with Crippen LogP contribution in [0.5, 0.6) is 11.5 Å². The van der Waals surface area contributed by atoms with Crippen molar-refractivity contribution in [2.24, 2.45) is 0 Å². The van der Waals surface area contributed by atoms with Crippen LogP contribution in [0.15, 0.2) is 30.3 Å². The number of rotatable bonds is 1. The van der Waals surface area contributed by atoms with Gasteiger partial charge in [0.2, 0.25) is 0 Å². The molecule has 0 spiro atoms. The predicted molar refractivity (Wildman–Crippen MR) is 59.7 cm³/mol. The van der Waals surface area contributed by atoms with E-state index >= 15 is 0 Å². The van der Waals surface area contributed by atoms with Gasteiger partial charge >= 0.3 is 0 Å². The summed E-state index contributed by atoms with van der Waals surface area (Å²) < 4.78 is 11.0. The standard InChI is InChI=1S/C13H12O2/c1-14-13-11-5-3-2-4-9(11)8-10-6-7-15-12(10)13/h2-5,8H,6-7H2,1H3. The fraction of sp³-hybridized carbons (Fsp3) is 0.231. The number of hydrogen-bond donors (Lipinski definition) is 0. The minimum atomic E-state index is 0.766. The van der Waals surface area contributed by atoms with E-state index in [2.05, 4.69) is 18.2 Å². The lowest BCUT2D eigenvalue weighted by molar-refractivity contribution is 0.328. The zero-order valence-electron chi connectivity index (χ0n) is 8.62. The van der Waals surface area contributed by atoms with Crippen LogP contribution in [0.1, 0.15) is 5.56 Å². The summed E-state index contributed by atoms with van der Waals surface area (Å²) in [6, 6.07) is 10.4. The Kier molecular flexibility index (Phi) is 1.81. The third-order valence-electron chi connectivity index (χ3n) is 2.85. The molecule has 0 N–H and O–H groups in total. The smallest absolute Gasteiger partial charge is 0.168 e. The van der Waals surface area contributed by atoms with E-state index < -0.39 is 0 Å². The molecule has 1 aliphatic rings. The van der Waals surface area contributed by atoms with Crippen LogP contribution in [0, 0.1) is 0 Å². The van der Waals surface area contributed by atoms with Crippen LogP contribution in [0.3, 0.4) is 0 Å². The third-order valence-corrected chi connectivity index (χ3v) is 2.85. The molecule has 0 saturated carbocycles. The van der Waals surface area contributed by atoms with Crippen molar-refractivity contribution >= 4 is 10.8 Å². The van der Waals surface area contributed by atoms with Crippen LogP contribution in [0.4, 0.5) is 0 Å². The highest BCUT2D eigenvalue weighted by atomic mass is 16.5. The van der Waals surface area contributed by atoms with E-state index in [0.717, 1.165) is 29.9 Å². The van der Waals surface area contributed by atoms with Crippen molar-refractivity contribution in [3.05, 3.63) is 35.9 Å². The van der Waals surface area contributed by atoms with Gasteiger partial charge in [0.15, 0.2) is 11.5 Å². The molecule has 15 heavy (non-hydrogen) atoms. The lowest BCUT2D eigenvalue weighted by Crippen LogP contribution is -1.91. The number of methoxy groups -OCH3 is 1. The molecule has 0 fully saturated rings. The predicted octanol–water partition coefficient (Wildman–Crippen LogP) is 2.78. The Morgan fingerprint density at radius 1 is 1.27 bits per heavy atom. The van der Waals surface area contributed by atoms with Gasteiger partial charge in [0.25, 0.3) is 0 Å². The van der Waals surface area contributed by atoms with Crippen LogP contribution in [0.2, 0.25) is 0 Å². The maximum absolute atomic E-state index is 5.60. The normalized spacial score (nSPS) is 13.7. The summed E-state index contributed by atoms with van der Waals surface area (Å²) in [5.74, 6) is 1.80. The molecule has 2 aromatic carbocycles. The van der Waals surface area contributed by atoms with Crippen LogP contribution in [0.25, 0.3) is 10.8 Å². The third kappa shape index (κ3) is 1.18. The average molecular weight is 200 g/mol. The topological polar surface area (TPSA) is 18.5 Å². The largest absolute Gasteiger partial charge is 0.492 e. The summed E-state index contributed by atoms with van der Waals surface area (Å²) >= 11 is 0. The second-order valence-electron chi connectivity index (χ2n) is 3.72. The summed E-state index contributed by atoms with van der Waals surface area (Å²) in [6.07, 6.45) is 0.983. The molecule has 0 bridgehead atoms. The van der Waals surface area contributed by atoms with Gasteiger partial charge < -0.3 is 9.47 Å². The van der Waals surface area contributed by atoms with Gasteiger partial charge in [0, 0.05) is 17.4 Å². The minimum absolute atomic E-state index is 0.766. The number of hydrogen-bond acceptors (Lipinski definition) is 2. The molecule has 2 nitrogen and oxygen atoms in total. The summed E-state index contributed by atoms with van der Waals surface area (Å²) in [6.45, 7) is 0.766. The summed E-state index contributed by atoms with van der Waals surface area (Å²) in [4.78, 5) is 0. The monoisotopic (exact) mass is 200 g/mol. The molecule has 0 atom stereocenters.